The molecule has 1 aromatic carbocycles. The Morgan fingerprint density at radius 1 is 1.14 bits per heavy atom. The van der Waals surface area contributed by atoms with Gasteiger partial charge in [-0.3, -0.25) is 0 Å². The first-order valence-corrected chi connectivity index (χ1v) is 8.06. The van der Waals surface area contributed by atoms with Crippen molar-refractivity contribution in [2.24, 2.45) is 11.8 Å². The molecule has 0 heterocycles. The molecule has 0 saturated heterocycles. The van der Waals surface area contributed by atoms with Crippen molar-refractivity contribution in [2.45, 2.75) is 51.6 Å². The minimum absolute atomic E-state index is 0.161. The van der Waals surface area contributed by atoms with Crippen LogP contribution in [-0.4, -0.2) is 25.4 Å². The predicted molar refractivity (Wildman–Crippen MR) is 85.0 cm³/mol. The van der Waals surface area contributed by atoms with Gasteiger partial charge in [-0.1, -0.05) is 25.8 Å². The summed E-state index contributed by atoms with van der Waals surface area (Å²) in [6, 6.07) is 6.07. The van der Waals surface area contributed by atoms with Gasteiger partial charge < -0.3 is 14.6 Å². The van der Waals surface area contributed by atoms with Crippen LogP contribution in [0, 0.1) is 11.8 Å². The first kappa shape index (κ1) is 16.2. The lowest BCUT2D eigenvalue weighted by atomic mass is 9.75. The highest BCUT2D eigenvalue weighted by Crippen LogP contribution is 2.35. The number of benzene rings is 1. The van der Waals surface area contributed by atoms with Gasteiger partial charge in [-0.2, -0.15) is 0 Å². The molecule has 3 atom stereocenters. The molecule has 0 bridgehead atoms. The first-order valence-electron chi connectivity index (χ1n) is 8.06. The van der Waals surface area contributed by atoms with Gasteiger partial charge in [0.05, 0.1) is 20.3 Å². The second kappa shape index (κ2) is 7.69. The highest BCUT2D eigenvalue weighted by Gasteiger charge is 2.28. The molecule has 0 amide bonds. The van der Waals surface area contributed by atoms with Crippen LogP contribution in [0.25, 0.3) is 0 Å². The monoisotopic (exact) mass is 292 g/mol. The Balaban J connectivity index is 2.05. The SMILES string of the molecule is CCCC1CCC(O)C(Cc2ccc(OC)c(OC)c2)C1. The third kappa shape index (κ3) is 4.13. The molecule has 118 valence electrons. The molecule has 1 aliphatic rings. The van der Waals surface area contributed by atoms with E-state index < -0.39 is 0 Å². The first-order chi connectivity index (χ1) is 10.2. The lowest BCUT2D eigenvalue weighted by molar-refractivity contribution is 0.0462. The molecule has 3 unspecified atom stereocenters. The van der Waals surface area contributed by atoms with Crippen molar-refractivity contribution < 1.29 is 14.6 Å². The molecular formula is C18H28O3. The molecule has 0 radical (unpaired) electrons. The second-order valence-corrected chi connectivity index (χ2v) is 6.19. The summed E-state index contributed by atoms with van der Waals surface area (Å²) in [6.45, 7) is 2.24. The third-order valence-corrected chi connectivity index (χ3v) is 4.69. The van der Waals surface area contributed by atoms with Crippen molar-refractivity contribution >= 4 is 0 Å². The quantitative estimate of drug-likeness (QED) is 0.866. The highest BCUT2D eigenvalue weighted by atomic mass is 16.5. The molecule has 21 heavy (non-hydrogen) atoms. The van der Waals surface area contributed by atoms with Gasteiger partial charge in [-0.25, -0.2) is 0 Å². The van der Waals surface area contributed by atoms with Crippen LogP contribution in [0.2, 0.25) is 0 Å². The zero-order valence-corrected chi connectivity index (χ0v) is 13.5. The van der Waals surface area contributed by atoms with Crippen molar-refractivity contribution in [1.29, 1.82) is 0 Å². The van der Waals surface area contributed by atoms with Gasteiger partial charge in [-0.05, 0) is 55.2 Å². The molecule has 0 aromatic heterocycles. The number of ether oxygens (including phenoxy) is 2. The van der Waals surface area contributed by atoms with Gasteiger partial charge >= 0.3 is 0 Å². The van der Waals surface area contributed by atoms with E-state index in [0.29, 0.717) is 5.92 Å². The Morgan fingerprint density at radius 3 is 2.57 bits per heavy atom. The normalized spacial score (nSPS) is 25.6. The standard InChI is InChI=1S/C18H28O3/c1-4-5-13-6-8-16(19)15(10-13)11-14-7-9-17(20-2)18(12-14)21-3/h7,9,12-13,15-16,19H,4-6,8,10-11H2,1-3H3. The van der Waals surface area contributed by atoms with Gasteiger partial charge in [0.25, 0.3) is 0 Å². The Bertz CT molecular complexity index is 444. The van der Waals surface area contributed by atoms with E-state index in [9.17, 15) is 5.11 Å². The van der Waals surface area contributed by atoms with Crippen LogP contribution in [0.4, 0.5) is 0 Å². The summed E-state index contributed by atoms with van der Waals surface area (Å²) in [5.41, 5.74) is 1.22. The van der Waals surface area contributed by atoms with E-state index in [4.69, 9.17) is 9.47 Å². The largest absolute Gasteiger partial charge is 0.493 e. The topological polar surface area (TPSA) is 38.7 Å². The minimum atomic E-state index is -0.161. The van der Waals surface area contributed by atoms with Crippen molar-refractivity contribution in [3.8, 4) is 11.5 Å². The van der Waals surface area contributed by atoms with Gasteiger partial charge in [0, 0.05) is 0 Å². The average molecular weight is 292 g/mol. The van der Waals surface area contributed by atoms with Crippen molar-refractivity contribution in [1.82, 2.24) is 0 Å². The summed E-state index contributed by atoms with van der Waals surface area (Å²) >= 11 is 0. The smallest absolute Gasteiger partial charge is 0.160 e. The molecule has 1 aliphatic carbocycles. The molecule has 1 N–H and O–H groups in total. The van der Waals surface area contributed by atoms with E-state index in [1.165, 1.54) is 24.8 Å². The van der Waals surface area contributed by atoms with Crippen LogP contribution in [0.3, 0.4) is 0 Å². The average Bonchev–Trinajstić information content (AvgIpc) is 2.50. The summed E-state index contributed by atoms with van der Waals surface area (Å²) in [6.07, 6.45) is 6.55. The Hall–Kier alpha value is -1.22. The Morgan fingerprint density at radius 2 is 1.90 bits per heavy atom. The fourth-order valence-electron chi connectivity index (χ4n) is 3.55. The van der Waals surface area contributed by atoms with Gasteiger partial charge in [0.15, 0.2) is 11.5 Å². The van der Waals surface area contributed by atoms with E-state index in [2.05, 4.69) is 13.0 Å². The highest BCUT2D eigenvalue weighted by molar-refractivity contribution is 5.43. The van der Waals surface area contributed by atoms with Crippen LogP contribution in [-0.2, 0) is 6.42 Å². The molecule has 2 rings (SSSR count). The zero-order chi connectivity index (χ0) is 15.2. The van der Waals surface area contributed by atoms with Crippen molar-refractivity contribution in [3.05, 3.63) is 23.8 Å². The molecule has 0 aliphatic heterocycles. The lowest BCUT2D eigenvalue weighted by Crippen LogP contribution is -2.30. The fraction of sp³-hybridized carbons (Fsp3) is 0.667. The van der Waals surface area contributed by atoms with Crippen LogP contribution in [0.15, 0.2) is 18.2 Å². The van der Waals surface area contributed by atoms with Crippen LogP contribution >= 0.6 is 0 Å². The molecule has 3 nitrogen and oxygen atoms in total. The van der Waals surface area contributed by atoms with Gasteiger partial charge in [-0.15, -0.1) is 0 Å². The van der Waals surface area contributed by atoms with E-state index in [1.807, 2.05) is 12.1 Å². The lowest BCUT2D eigenvalue weighted by Gasteiger charge is -2.33. The number of hydrogen-bond donors (Lipinski definition) is 1. The Kier molecular flexibility index (Phi) is 5.92. The van der Waals surface area contributed by atoms with Crippen molar-refractivity contribution in [3.63, 3.8) is 0 Å². The maximum Gasteiger partial charge on any atom is 0.160 e. The predicted octanol–water partition coefficient (Wildman–Crippen LogP) is 3.82. The van der Waals surface area contributed by atoms with Crippen molar-refractivity contribution in [2.75, 3.05) is 14.2 Å². The zero-order valence-electron chi connectivity index (χ0n) is 13.5. The summed E-state index contributed by atoms with van der Waals surface area (Å²) in [4.78, 5) is 0. The summed E-state index contributed by atoms with van der Waals surface area (Å²) in [5, 5.41) is 10.3. The fourth-order valence-corrected chi connectivity index (χ4v) is 3.55. The number of aliphatic hydroxyl groups is 1. The van der Waals surface area contributed by atoms with Gasteiger partial charge in [0.1, 0.15) is 0 Å². The summed E-state index contributed by atoms with van der Waals surface area (Å²) < 4.78 is 10.6. The van der Waals surface area contributed by atoms with Crippen LogP contribution < -0.4 is 9.47 Å². The van der Waals surface area contributed by atoms with E-state index >= 15 is 0 Å². The number of hydrogen-bond acceptors (Lipinski definition) is 3. The molecule has 1 aromatic rings. The molecule has 1 fully saturated rings. The summed E-state index contributed by atoms with van der Waals surface area (Å²) in [7, 11) is 3.31. The number of aliphatic hydroxyl groups excluding tert-OH is 1. The Labute approximate surface area is 128 Å². The minimum Gasteiger partial charge on any atom is -0.493 e. The molecule has 3 heteroatoms. The van der Waals surface area contributed by atoms with Gasteiger partial charge in [0.2, 0.25) is 0 Å². The van der Waals surface area contributed by atoms with E-state index in [1.54, 1.807) is 14.2 Å². The van der Waals surface area contributed by atoms with E-state index in [-0.39, 0.29) is 6.10 Å². The van der Waals surface area contributed by atoms with E-state index in [0.717, 1.165) is 36.7 Å². The summed E-state index contributed by atoms with van der Waals surface area (Å²) in [5.74, 6) is 2.68. The van der Waals surface area contributed by atoms with Crippen LogP contribution in [0.5, 0.6) is 11.5 Å². The molecular weight excluding hydrogens is 264 g/mol. The maximum atomic E-state index is 10.3. The second-order valence-electron chi connectivity index (χ2n) is 6.19. The number of rotatable bonds is 6. The van der Waals surface area contributed by atoms with Crippen LogP contribution in [0.1, 0.15) is 44.6 Å². The third-order valence-electron chi connectivity index (χ3n) is 4.69. The maximum absolute atomic E-state index is 10.3. The number of methoxy groups -OCH3 is 2. The molecule has 1 saturated carbocycles. The molecule has 0 spiro atoms.